The van der Waals surface area contributed by atoms with Gasteiger partial charge in [0.05, 0.1) is 39.0 Å². The Kier molecular flexibility index (Phi) is 6.56. The largest absolute Gasteiger partial charge is 0.469 e. The molecular weight excluding hydrogens is 240 g/mol. The zero-order valence-corrected chi connectivity index (χ0v) is 11.4. The Morgan fingerprint density at radius 1 is 1.06 bits per heavy atom. The minimum atomic E-state index is -0.249. The van der Waals surface area contributed by atoms with Crippen molar-refractivity contribution in [3.05, 3.63) is 0 Å². The van der Waals surface area contributed by atoms with Gasteiger partial charge in [0, 0.05) is 20.1 Å². The van der Waals surface area contributed by atoms with Gasteiger partial charge in [0.15, 0.2) is 0 Å². The number of hydrogen-bond donors (Lipinski definition) is 0. The van der Waals surface area contributed by atoms with Gasteiger partial charge in [-0.15, -0.1) is 0 Å². The van der Waals surface area contributed by atoms with Gasteiger partial charge in [-0.25, -0.2) is 9.78 Å². The van der Waals surface area contributed by atoms with Gasteiger partial charge in [-0.05, 0) is 12.8 Å². The molecule has 1 fully saturated rings. The lowest BCUT2D eigenvalue weighted by Gasteiger charge is -2.38. The quantitative estimate of drug-likeness (QED) is 0.401. The second-order valence-electron chi connectivity index (χ2n) is 4.36. The van der Waals surface area contributed by atoms with Gasteiger partial charge in [-0.1, -0.05) is 0 Å². The molecule has 0 aromatic heterocycles. The Hall–Kier alpha value is -0.690. The third kappa shape index (κ3) is 3.65. The molecule has 0 aliphatic heterocycles. The van der Waals surface area contributed by atoms with Crippen molar-refractivity contribution in [1.29, 1.82) is 0 Å². The average Bonchev–Trinajstić information content (AvgIpc) is 2.43. The molecule has 0 aromatic rings. The lowest BCUT2D eigenvalue weighted by molar-refractivity contribution is -0.286. The van der Waals surface area contributed by atoms with E-state index in [1.165, 1.54) is 14.2 Å². The second kappa shape index (κ2) is 7.68. The van der Waals surface area contributed by atoms with Crippen molar-refractivity contribution < 1.29 is 28.8 Å². The first-order chi connectivity index (χ1) is 8.67. The van der Waals surface area contributed by atoms with E-state index < -0.39 is 0 Å². The lowest BCUT2D eigenvalue weighted by atomic mass is 9.76. The fourth-order valence-electron chi connectivity index (χ4n) is 2.48. The molecular formula is C12H22O6. The van der Waals surface area contributed by atoms with Gasteiger partial charge in [0.2, 0.25) is 0 Å². The van der Waals surface area contributed by atoms with Crippen LogP contribution < -0.4 is 0 Å². The molecule has 6 nitrogen and oxygen atoms in total. The van der Waals surface area contributed by atoms with Gasteiger partial charge in [-0.3, -0.25) is 4.79 Å². The molecule has 0 amide bonds. The molecule has 0 radical (unpaired) electrons. The molecule has 2 unspecified atom stereocenters. The third-order valence-corrected chi connectivity index (χ3v) is 3.51. The van der Waals surface area contributed by atoms with Crippen LogP contribution in [0, 0.1) is 11.8 Å². The molecule has 1 aliphatic carbocycles. The maximum absolute atomic E-state index is 11.8. The van der Waals surface area contributed by atoms with Crippen molar-refractivity contribution in [1.82, 2.24) is 0 Å². The summed E-state index contributed by atoms with van der Waals surface area (Å²) in [4.78, 5) is 21.3. The van der Waals surface area contributed by atoms with E-state index in [2.05, 4.69) is 4.89 Å². The van der Waals surface area contributed by atoms with Crippen molar-refractivity contribution >= 4 is 5.97 Å². The van der Waals surface area contributed by atoms with Crippen LogP contribution in [0.2, 0.25) is 0 Å². The molecule has 18 heavy (non-hydrogen) atoms. The zero-order chi connectivity index (χ0) is 13.5. The summed E-state index contributed by atoms with van der Waals surface area (Å²) >= 11 is 0. The van der Waals surface area contributed by atoms with E-state index in [4.69, 9.17) is 19.1 Å². The number of carbonyl (C=O) groups excluding carboxylic acids is 1. The fourth-order valence-corrected chi connectivity index (χ4v) is 2.48. The average molecular weight is 262 g/mol. The standard InChI is InChI=1S/C12H22O6/c1-14-10-5-8(7-18-17-4)9(12(13)16-3)6-11(10)15-2/h8-11H,5-7H2,1-4H3/t8-,9-,10?,11?/m0/s1. The van der Waals surface area contributed by atoms with Crippen LogP contribution in [0.5, 0.6) is 0 Å². The van der Waals surface area contributed by atoms with Crippen LogP contribution in [0.25, 0.3) is 0 Å². The van der Waals surface area contributed by atoms with E-state index in [1.54, 1.807) is 14.2 Å². The summed E-state index contributed by atoms with van der Waals surface area (Å²) in [5.74, 6) is -0.480. The highest BCUT2D eigenvalue weighted by Crippen LogP contribution is 2.34. The Labute approximate surface area is 107 Å². The highest BCUT2D eigenvalue weighted by Gasteiger charge is 2.41. The summed E-state index contributed by atoms with van der Waals surface area (Å²) < 4.78 is 15.6. The predicted octanol–water partition coefficient (Wildman–Crippen LogP) is 0.794. The molecule has 0 spiro atoms. The SMILES string of the molecule is COOC[C@@H]1CC(OC)C(OC)C[C@@H]1C(=O)OC. The maximum atomic E-state index is 11.8. The minimum Gasteiger partial charge on any atom is -0.469 e. The van der Waals surface area contributed by atoms with Gasteiger partial charge in [-0.2, -0.15) is 0 Å². The summed E-state index contributed by atoms with van der Waals surface area (Å²) in [5.41, 5.74) is 0. The monoisotopic (exact) mass is 262 g/mol. The molecule has 0 heterocycles. The molecule has 106 valence electrons. The van der Waals surface area contributed by atoms with Gasteiger partial charge in [0.25, 0.3) is 0 Å². The number of hydrogen-bond acceptors (Lipinski definition) is 6. The molecule has 0 N–H and O–H groups in total. The smallest absolute Gasteiger partial charge is 0.309 e. The van der Waals surface area contributed by atoms with Crippen molar-refractivity contribution in [2.45, 2.75) is 25.0 Å². The number of rotatable bonds is 6. The third-order valence-electron chi connectivity index (χ3n) is 3.51. The van der Waals surface area contributed by atoms with Crippen molar-refractivity contribution in [2.24, 2.45) is 11.8 Å². The topological polar surface area (TPSA) is 63.2 Å². The van der Waals surface area contributed by atoms with E-state index in [9.17, 15) is 4.79 Å². The van der Waals surface area contributed by atoms with Crippen molar-refractivity contribution in [2.75, 3.05) is 35.0 Å². The van der Waals surface area contributed by atoms with Crippen LogP contribution in [-0.2, 0) is 28.8 Å². The fraction of sp³-hybridized carbons (Fsp3) is 0.917. The Morgan fingerprint density at radius 3 is 2.17 bits per heavy atom. The highest BCUT2D eigenvalue weighted by atomic mass is 17.2. The lowest BCUT2D eigenvalue weighted by Crippen LogP contribution is -2.45. The van der Waals surface area contributed by atoms with Crippen LogP contribution in [0.3, 0.4) is 0 Å². The number of esters is 1. The second-order valence-corrected chi connectivity index (χ2v) is 4.36. The molecule has 1 rings (SSSR count). The van der Waals surface area contributed by atoms with Gasteiger partial charge < -0.3 is 14.2 Å². The molecule has 6 heteroatoms. The molecule has 0 saturated heterocycles. The first-order valence-corrected chi connectivity index (χ1v) is 5.96. The Morgan fingerprint density at radius 2 is 1.67 bits per heavy atom. The Balaban J connectivity index is 2.73. The summed E-state index contributed by atoms with van der Waals surface area (Å²) in [5, 5.41) is 0. The van der Waals surface area contributed by atoms with Crippen LogP contribution in [0.4, 0.5) is 0 Å². The molecule has 1 aliphatic rings. The van der Waals surface area contributed by atoms with E-state index >= 15 is 0 Å². The number of methoxy groups -OCH3 is 3. The van der Waals surface area contributed by atoms with Crippen LogP contribution in [0.15, 0.2) is 0 Å². The molecule has 0 bridgehead atoms. The van der Waals surface area contributed by atoms with E-state index in [0.29, 0.717) is 19.4 Å². The van der Waals surface area contributed by atoms with E-state index in [-0.39, 0.29) is 30.0 Å². The first kappa shape index (κ1) is 15.4. The van der Waals surface area contributed by atoms with Crippen molar-refractivity contribution in [3.8, 4) is 0 Å². The normalized spacial score (nSPS) is 32.2. The highest BCUT2D eigenvalue weighted by molar-refractivity contribution is 5.72. The molecule has 1 saturated carbocycles. The number of carbonyl (C=O) groups is 1. The van der Waals surface area contributed by atoms with Gasteiger partial charge >= 0.3 is 5.97 Å². The zero-order valence-electron chi connectivity index (χ0n) is 11.4. The van der Waals surface area contributed by atoms with Crippen LogP contribution in [0.1, 0.15) is 12.8 Å². The van der Waals surface area contributed by atoms with Gasteiger partial charge in [0.1, 0.15) is 0 Å². The van der Waals surface area contributed by atoms with Crippen molar-refractivity contribution in [3.63, 3.8) is 0 Å². The maximum Gasteiger partial charge on any atom is 0.309 e. The molecule has 4 atom stereocenters. The van der Waals surface area contributed by atoms with Crippen LogP contribution in [-0.4, -0.2) is 53.2 Å². The van der Waals surface area contributed by atoms with E-state index in [0.717, 1.165) is 0 Å². The number of ether oxygens (including phenoxy) is 3. The first-order valence-electron chi connectivity index (χ1n) is 5.96. The predicted molar refractivity (Wildman–Crippen MR) is 62.8 cm³/mol. The summed E-state index contributed by atoms with van der Waals surface area (Å²) in [6, 6.07) is 0. The summed E-state index contributed by atoms with van der Waals surface area (Å²) in [6.45, 7) is 0.340. The van der Waals surface area contributed by atoms with Crippen LogP contribution >= 0.6 is 0 Å². The summed E-state index contributed by atoms with van der Waals surface area (Å²) in [6.07, 6.45) is 1.11. The Bertz CT molecular complexity index is 257. The minimum absolute atomic E-state index is 0.00810. The summed E-state index contributed by atoms with van der Waals surface area (Å²) in [7, 11) is 6.10. The molecule has 0 aromatic carbocycles. The van der Waals surface area contributed by atoms with E-state index in [1.807, 2.05) is 0 Å².